The second-order valence-corrected chi connectivity index (χ2v) is 6.24. The highest BCUT2D eigenvalue weighted by Crippen LogP contribution is 2.30. The summed E-state index contributed by atoms with van der Waals surface area (Å²) in [5.41, 5.74) is 0.472. The highest BCUT2D eigenvalue weighted by molar-refractivity contribution is 5.77. The van der Waals surface area contributed by atoms with E-state index < -0.39 is 5.60 Å². The SMILES string of the molecule is COc1ccccc1[C@@H](C)N(C)C(=O)C[C@](C)(O)c1ccccc1. The zero-order chi connectivity index (χ0) is 17.7. The fraction of sp³-hybridized carbons (Fsp3) is 0.350. The number of nitrogens with zero attached hydrogens (tertiary/aromatic N) is 1. The number of hydrogen-bond donors (Lipinski definition) is 1. The van der Waals surface area contributed by atoms with Crippen molar-refractivity contribution in [2.24, 2.45) is 0 Å². The van der Waals surface area contributed by atoms with Crippen molar-refractivity contribution >= 4 is 5.91 Å². The van der Waals surface area contributed by atoms with Gasteiger partial charge in [-0.1, -0.05) is 48.5 Å². The minimum absolute atomic E-state index is 0.0208. The molecule has 0 saturated carbocycles. The Kier molecular flexibility index (Phi) is 5.62. The molecule has 0 aliphatic rings. The first-order valence-corrected chi connectivity index (χ1v) is 8.03. The molecular formula is C20H25NO3. The molecule has 0 bridgehead atoms. The Morgan fingerprint density at radius 2 is 1.75 bits per heavy atom. The van der Waals surface area contributed by atoms with Gasteiger partial charge >= 0.3 is 0 Å². The first-order chi connectivity index (χ1) is 11.4. The number of carbonyl (C=O) groups is 1. The number of para-hydroxylation sites is 1. The molecule has 2 aromatic rings. The van der Waals surface area contributed by atoms with Gasteiger partial charge in [0, 0.05) is 12.6 Å². The molecule has 0 spiro atoms. The first kappa shape index (κ1) is 18.0. The van der Waals surface area contributed by atoms with Crippen LogP contribution in [0.2, 0.25) is 0 Å². The van der Waals surface area contributed by atoms with Crippen molar-refractivity contribution in [2.45, 2.75) is 31.9 Å². The summed E-state index contributed by atoms with van der Waals surface area (Å²) in [6, 6.07) is 16.8. The van der Waals surface area contributed by atoms with Gasteiger partial charge < -0.3 is 14.7 Å². The summed E-state index contributed by atoms with van der Waals surface area (Å²) in [4.78, 5) is 14.3. The van der Waals surface area contributed by atoms with E-state index in [9.17, 15) is 9.90 Å². The molecule has 0 aliphatic carbocycles. The van der Waals surface area contributed by atoms with E-state index in [1.54, 1.807) is 26.0 Å². The fourth-order valence-corrected chi connectivity index (χ4v) is 2.75. The summed E-state index contributed by atoms with van der Waals surface area (Å²) < 4.78 is 5.38. The van der Waals surface area contributed by atoms with Gasteiger partial charge in [-0.25, -0.2) is 0 Å². The molecule has 24 heavy (non-hydrogen) atoms. The van der Waals surface area contributed by atoms with E-state index in [1.165, 1.54) is 0 Å². The Hall–Kier alpha value is -2.33. The maximum Gasteiger partial charge on any atom is 0.226 e. The van der Waals surface area contributed by atoms with Crippen LogP contribution in [0.5, 0.6) is 5.75 Å². The minimum Gasteiger partial charge on any atom is -0.496 e. The zero-order valence-electron chi connectivity index (χ0n) is 14.7. The van der Waals surface area contributed by atoms with Crippen molar-refractivity contribution in [2.75, 3.05) is 14.2 Å². The molecule has 2 rings (SSSR count). The summed E-state index contributed by atoms with van der Waals surface area (Å²) in [7, 11) is 3.37. The highest BCUT2D eigenvalue weighted by Gasteiger charge is 2.30. The van der Waals surface area contributed by atoms with Gasteiger partial charge in [-0.2, -0.15) is 0 Å². The number of rotatable bonds is 6. The smallest absolute Gasteiger partial charge is 0.226 e. The van der Waals surface area contributed by atoms with E-state index in [0.717, 1.165) is 16.9 Å². The molecule has 0 fully saturated rings. The van der Waals surface area contributed by atoms with Crippen LogP contribution in [0.25, 0.3) is 0 Å². The molecule has 0 radical (unpaired) electrons. The Labute approximate surface area is 143 Å². The molecule has 2 atom stereocenters. The van der Waals surface area contributed by atoms with Crippen LogP contribution in [0.15, 0.2) is 54.6 Å². The fourth-order valence-electron chi connectivity index (χ4n) is 2.75. The van der Waals surface area contributed by atoms with Crippen molar-refractivity contribution < 1.29 is 14.6 Å². The number of hydrogen-bond acceptors (Lipinski definition) is 3. The van der Waals surface area contributed by atoms with Crippen molar-refractivity contribution in [1.82, 2.24) is 4.90 Å². The number of ether oxygens (including phenoxy) is 1. The van der Waals surface area contributed by atoms with E-state index in [-0.39, 0.29) is 18.4 Å². The lowest BCUT2D eigenvalue weighted by atomic mass is 9.91. The Morgan fingerprint density at radius 3 is 2.38 bits per heavy atom. The molecule has 0 unspecified atom stereocenters. The minimum atomic E-state index is -1.20. The average Bonchev–Trinajstić information content (AvgIpc) is 2.60. The molecule has 0 aromatic heterocycles. The summed E-state index contributed by atoms with van der Waals surface area (Å²) >= 11 is 0. The van der Waals surface area contributed by atoms with E-state index >= 15 is 0 Å². The molecule has 128 valence electrons. The topological polar surface area (TPSA) is 49.8 Å². The van der Waals surface area contributed by atoms with Crippen LogP contribution in [0.1, 0.15) is 37.4 Å². The second kappa shape index (κ2) is 7.49. The van der Waals surface area contributed by atoms with Gasteiger partial charge in [0.2, 0.25) is 5.91 Å². The third kappa shape index (κ3) is 3.95. The third-order valence-corrected chi connectivity index (χ3v) is 4.45. The largest absolute Gasteiger partial charge is 0.496 e. The first-order valence-electron chi connectivity index (χ1n) is 8.03. The Morgan fingerprint density at radius 1 is 1.17 bits per heavy atom. The van der Waals surface area contributed by atoms with Crippen LogP contribution in [-0.4, -0.2) is 30.1 Å². The Balaban J connectivity index is 2.14. The zero-order valence-corrected chi connectivity index (χ0v) is 14.7. The van der Waals surface area contributed by atoms with Gasteiger partial charge in [-0.3, -0.25) is 4.79 Å². The van der Waals surface area contributed by atoms with E-state index in [4.69, 9.17) is 4.74 Å². The lowest BCUT2D eigenvalue weighted by Gasteiger charge is -2.30. The summed E-state index contributed by atoms with van der Waals surface area (Å²) in [5.74, 6) is 0.627. The van der Waals surface area contributed by atoms with Gasteiger partial charge in [0.15, 0.2) is 0 Å². The standard InChI is InChI=1S/C20H25NO3/c1-15(17-12-8-9-13-18(17)24-4)21(3)19(22)14-20(2,23)16-10-6-5-7-11-16/h5-13,15,23H,14H2,1-4H3/t15-,20+/m1/s1. The monoisotopic (exact) mass is 327 g/mol. The number of amides is 1. The number of carbonyl (C=O) groups excluding carboxylic acids is 1. The van der Waals surface area contributed by atoms with E-state index in [1.807, 2.05) is 61.5 Å². The molecule has 1 N–H and O–H groups in total. The van der Waals surface area contributed by atoms with Gasteiger partial charge in [0.1, 0.15) is 5.75 Å². The maximum absolute atomic E-state index is 12.7. The summed E-state index contributed by atoms with van der Waals surface area (Å²) in [5, 5.41) is 10.7. The van der Waals surface area contributed by atoms with Crippen LogP contribution < -0.4 is 4.74 Å². The van der Waals surface area contributed by atoms with Crippen molar-refractivity contribution in [3.8, 4) is 5.75 Å². The predicted octanol–water partition coefficient (Wildman–Crippen LogP) is 3.51. The van der Waals surface area contributed by atoms with Gasteiger partial charge in [0.25, 0.3) is 0 Å². The molecule has 0 heterocycles. The number of methoxy groups -OCH3 is 1. The van der Waals surface area contributed by atoms with Crippen LogP contribution >= 0.6 is 0 Å². The van der Waals surface area contributed by atoms with Crippen LogP contribution in [0, 0.1) is 0 Å². The van der Waals surface area contributed by atoms with E-state index in [2.05, 4.69) is 0 Å². The van der Waals surface area contributed by atoms with Crippen molar-refractivity contribution in [3.05, 3.63) is 65.7 Å². The third-order valence-electron chi connectivity index (χ3n) is 4.45. The van der Waals surface area contributed by atoms with E-state index in [0.29, 0.717) is 0 Å². The van der Waals surface area contributed by atoms with Gasteiger partial charge in [-0.05, 0) is 25.5 Å². The lowest BCUT2D eigenvalue weighted by molar-refractivity contribution is -0.136. The quantitative estimate of drug-likeness (QED) is 0.883. The van der Waals surface area contributed by atoms with Gasteiger partial charge in [-0.15, -0.1) is 0 Å². The Bertz CT molecular complexity index is 682. The summed E-state index contributed by atoms with van der Waals surface area (Å²) in [6.07, 6.45) is 0.0208. The van der Waals surface area contributed by atoms with Crippen molar-refractivity contribution in [1.29, 1.82) is 0 Å². The maximum atomic E-state index is 12.7. The second-order valence-electron chi connectivity index (χ2n) is 6.24. The van der Waals surface area contributed by atoms with Crippen LogP contribution in [0.4, 0.5) is 0 Å². The number of benzene rings is 2. The number of aliphatic hydroxyl groups is 1. The molecule has 4 heteroatoms. The molecule has 4 nitrogen and oxygen atoms in total. The van der Waals surface area contributed by atoms with Crippen LogP contribution in [0.3, 0.4) is 0 Å². The molecule has 2 aromatic carbocycles. The van der Waals surface area contributed by atoms with Crippen LogP contribution in [-0.2, 0) is 10.4 Å². The normalized spacial score (nSPS) is 14.5. The molecule has 0 aliphatic heterocycles. The summed E-state index contributed by atoms with van der Waals surface area (Å²) in [6.45, 7) is 3.62. The lowest BCUT2D eigenvalue weighted by Crippen LogP contribution is -2.35. The van der Waals surface area contributed by atoms with Gasteiger partial charge in [0.05, 0.1) is 25.2 Å². The molecule has 0 saturated heterocycles. The predicted molar refractivity (Wildman–Crippen MR) is 94.8 cm³/mol. The molecule has 1 amide bonds. The van der Waals surface area contributed by atoms with Crippen molar-refractivity contribution in [3.63, 3.8) is 0 Å². The average molecular weight is 327 g/mol. The highest BCUT2D eigenvalue weighted by atomic mass is 16.5. The molecular weight excluding hydrogens is 302 g/mol.